The summed E-state index contributed by atoms with van der Waals surface area (Å²) in [7, 11) is 3.14. The molecule has 1 N–H and O–H groups in total. The number of hydrogen-bond donors (Lipinski definition) is 1. The van der Waals surface area contributed by atoms with Gasteiger partial charge in [0.15, 0.2) is 11.5 Å². The predicted octanol–water partition coefficient (Wildman–Crippen LogP) is 4.32. The average Bonchev–Trinajstić information content (AvgIpc) is 3.43. The third-order valence-electron chi connectivity index (χ3n) is 5.03. The molecule has 1 aliphatic carbocycles. The van der Waals surface area contributed by atoms with Gasteiger partial charge < -0.3 is 14.8 Å². The maximum atomic E-state index is 12.7. The van der Waals surface area contributed by atoms with Crippen LogP contribution in [-0.4, -0.2) is 26.2 Å². The zero-order valence-corrected chi connectivity index (χ0v) is 16.2. The molecule has 3 rings (SSSR count). The maximum absolute atomic E-state index is 12.7. The van der Waals surface area contributed by atoms with Crippen LogP contribution in [0, 0.1) is 0 Å². The van der Waals surface area contributed by atoms with E-state index < -0.39 is 0 Å². The van der Waals surface area contributed by atoms with Gasteiger partial charge in [0.05, 0.1) is 14.2 Å². The van der Waals surface area contributed by atoms with Crippen LogP contribution < -0.4 is 14.8 Å². The highest BCUT2D eigenvalue weighted by Gasteiger charge is 2.49. The molecule has 1 saturated carbocycles. The first-order chi connectivity index (χ1) is 12.0. The number of carbonyl (C=O) groups is 1. The molecule has 0 aliphatic heterocycles. The van der Waals surface area contributed by atoms with Crippen LogP contribution in [0.2, 0.25) is 0 Å². The summed E-state index contributed by atoms with van der Waals surface area (Å²) < 4.78 is 11.6. The van der Waals surface area contributed by atoms with Crippen LogP contribution in [-0.2, 0) is 5.41 Å². The van der Waals surface area contributed by atoms with Crippen molar-refractivity contribution < 1.29 is 14.3 Å². The van der Waals surface area contributed by atoms with Crippen molar-refractivity contribution in [2.75, 3.05) is 14.2 Å². The Kier molecular flexibility index (Phi) is 5.04. The number of amides is 1. The van der Waals surface area contributed by atoms with Crippen LogP contribution >= 0.6 is 15.9 Å². The number of nitrogens with one attached hydrogen (secondary N) is 1. The standard InChI is InChI=1S/C20H22BrNO3/c1-13(20(10-11-20)15-5-7-16(21)8-6-15)22-19(23)14-4-9-17(24-2)18(12-14)25-3/h4-9,12-13H,10-11H2,1-3H3,(H,22,23). The number of ether oxygens (including phenoxy) is 2. The van der Waals surface area contributed by atoms with E-state index in [2.05, 4.69) is 52.4 Å². The molecule has 2 aromatic carbocycles. The van der Waals surface area contributed by atoms with Gasteiger partial charge in [0.2, 0.25) is 0 Å². The van der Waals surface area contributed by atoms with E-state index in [9.17, 15) is 4.79 Å². The molecule has 132 valence electrons. The molecule has 0 radical (unpaired) electrons. The molecule has 0 aromatic heterocycles. The van der Waals surface area contributed by atoms with Crippen molar-refractivity contribution in [3.05, 3.63) is 58.1 Å². The highest BCUT2D eigenvalue weighted by molar-refractivity contribution is 9.10. The third-order valence-corrected chi connectivity index (χ3v) is 5.56. The van der Waals surface area contributed by atoms with Crippen LogP contribution in [0.4, 0.5) is 0 Å². The molecule has 4 nitrogen and oxygen atoms in total. The van der Waals surface area contributed by atoms with E-state index in [1.54, 1.807) is 32.4 Å². The second-order valence-electron chi connectivity index (χ2n) is 6.43. The summed E-state index contributed by atoms with van der Waals surface area (Å²) in [6.45, 7) is 2.08. The van der Waals surface area contributed by atoms with Crippen LogP contribution in [0.3, 0.4) is 0 Å². The van der Waals surface area contributed by atoms with Crippen molar-refractivity contribution in [3.8, 4) is 11.5 Å². The highest BCUT2D eigenvalue weighted by Crippen LogP contribution is 2.51. The zero-order chi connectivity index (χ0) is 18.0. The van der Waals surface area contributed by atoms with Gasteiger partial charge in [-0.25, -0.2) is 0 Å². The Labute approximate surface area is 156 Å². The van der Waals surface area contributed by atoms with E-state index >= 15 is 0 Å². The summed E-state index contributed by atoms with van der Waals surface area (Å²) in [6.07, 6.45) is 2.17. The van der Waals surface area contributed by atoms with Crippen molar-refractivity contribution in [2.45, 2.75) is 31.2 Å². The summed E-state index contributed by atoms with van der Waals surface area (Å²) in [6, 6.07) is 13.6. The molecule has 0 heterocycles. The van der Waals surface area contributed by atoms with Crippen LogP contribution in [0.15, 0.2) is 46.9 Å². The van der Waals surface area contributed by atoms with Crippen LogP contribution in [0.1, 0.15) is 35.7 Å². The first kappa shape index (κ1) is 17.8. The topological polar surface area (TPSA) is 47.6 Å². The molecule has 5 heteroatoms. The van der Waals surface area contributed by atoms with Gasteiger partial charge in [-0.2, -0.15) is 0 Å². The van der Waals surface area contributed by atoms with Crippen LogP contribution in [0.25, 0.3) is 0 Å². The average molecular weight is 404 g/mol. The first-order valence-electron chi connectivity index (χ1n) is 8.29. The van der Waals surface area contributed by atoms with Crippen LogP contribution in [0.5, 0.6) is 11.5 Å². The Morgan fingerprint density at radius 2 is 1.72 bits per heavy atom. The van der Waals surface area contributed by atoms with E-state index in [4.69, 9.17) is 9.47 Å². The molecule has 2 aromatic rings. The highest BCUT2D eigenvalue weighted by atomic mass is 79.9. The number of methoxy groups -OCH3 is 2. The molecule has 0 saturated heterocycles. The smallest absolute Gasteiger partial charge is 0.251 e. The minimum atomic E-state index is -0.100. The molecule has 1 amide bonds. The second-order valence-corrected chi connectivity index (χ2v) is 7.34. The van der Waals surface area contributed by atoms with Crippen molar-refractivity contribution in [2.24, 2.45) is 0 Å². The number of benzene rings is 2. The van der Waals surface area contributed by atoms with E-state index in [0.29, 0.717) is 17.1 Å². The van der Waals surface area contributed by atoms with E-state index in [1.807, 2.05) is 0 Å². The molecular weight excluding hydrogens is 382 g/mol. The van der Waals surface area contributed by atoms with Crippen molar-refractivity contribution in [3.63, 3.8) is 0 Å². The first-order valence-corrected chi connectivity index (χ1v) is 9.08. The lowest BCUT2D eigenvalue weighted by Gasteiger charge is -2.25. The molecule has 0 spiro atoms. The van der Waals surface area contributed by atoms with E-state index in [-0.39, 0.29) is 17.4 Å². The normalized spacial score (nSPS) is 16.0. The van der Waals surface area contributed by atoms with Gasteiger partial charge in [0, 0.05) is 21.5 Å². The van der Waals surface area contributed by atoms with Gasteiger partial charge in [0.1, 0.15) is 0 Å². The SMILES string of the molecule is COc1ccc(C(=O)NC(C)C2(c3ccc(Br)cc3)CC2)cc1OC. The molecule has 1 atom stereocenters. The van der Waals surface area contributed by atoms with Gasteiger partial charge in [-0.3, -0.25) is 4.79 Å². The number of rotatable bonds is 6. The lowest BCUT2D eigenvalue weighted by molar-refractivity contribution is 0.0931. The number of halogens is 1. The molecule has 25 heavy (non-hydrogen) atoms. The largest absolute Gasteiger partial charge is 0.493 e. The van der Waals surface area contributed by atoms with Crippen molar-refractivity contribution >= 4 is 21.8 Å². The minimum absolute atomic E-state index is 0.0346. The van der Waals surface area contributed by atoms with Gasteiger partial charge >= 0.3 is 0 Å². The van der Waals surface area contributed by atoms with Crippen molar-refractivity contribution in [1.29, 1.82) is 0 Å². The molecule has 1 aliphatic rings. The number of hydrogen-bond acceptors (Lipinski definition) is 3. The Hall–Kier alpha value is -2.01. The van der Waals surface area contributed by atoms with Crippen molar-refractivity contribution in [1.82, 2.24) is 5.32 Å². The summed E-state index contributed by atoms with van der Waals surface area (Å²) in [5, 5.41) is 3.15. The fraction of sp³-hybridized carbons (Fsp3) is 0.350. The maximum Gasteiger partial charge on any atom is 0.251 e. The summed E-state index contributed by atoms with van der Waals surface area (Å²) in [5.41, 5.74) is 1.87. The number of carbonyl (C=O) groups excluding carboxylic acids is 1. The third kappa shape index (κ3) is 3.52. The molecule has 0 bridgehead atoms. The van der Waals surface area contributed by atoms with E-state index in [1.165, 1.54) is 5.56 Å². The Morgan fingerprint density at radius 1 is 1.08 bits per heavy atom. The molecule has 1 unspecified atom stereocenters. The minimum Gasteiger partial charge on any atom is -0.493 e. The Bertz CT molecular complexity index is 769. The predicted molar refractivity (Wildman–Crippen MR) is 102 cm³/mol. The lowest BCUT2D eigenvalue weighted by Crippen LogP contribution is -2.41. The zero-order valence-electron chi connectivity index (χ0n) is 14.6. The fourth-order valence-electron chi connectivity index (χ4n) is 3.28. The molecular formula is C20H22BrNO3. The van der Waals surface area contributed by atoms with E-state index in [0.717, 1.165) is 17.3 Å². The summed E-state index contributed by atoms with van der Waals surface area (Å²) >= 11 is 3.47. The van der Waals surface area contributed by atoms with Gasteiger partial charge in [-0.1, -0.05) is 28.1 Å². The fourth-order valence-corrected chi connectivity index (χ4v) is 3.55. The quantitative estimate of drug-likeness (QED) is 0.781. The summed E-state index contributed by atoms with van der Waals surface area (Å²) in [5.74, 6) is 1.06. The van der Waals surface area contributed by atoms with Gasteiger partial charge in [-0.15, -0.1) is 0 Å². The van der Waals surface area contributed by atoms with Gasteiger partial charge in [0.25, 0.3) is 5.91 Å². The summed E-state index contributed by atoms with van der Waals surface area (Å²) in [4.78, 5) is 12.7. The van der Waals surface area contributed by atoms with Gasteiger partial charge in [-0.05, 0) is 55.7 Å². The Balaban J connectivity index is 1.75. The second kappa shape index (κ2) is 7.08. The monoisotopic (exact) mass is 403 g/mol. The lowest BCUT2D eigenvalue weighted by atomic mass is 9.89. The Morgan fingerprint density at radius 3 is 2.28 bits per heavy atom. The molecule has 1 fully saturated rings.